The van der Waals surface area contributed by atoms with E-state index in [2.05, 4.69) is 4.74 Å². The molecule has 1 aromatic rings. The number of carbonyl (C=O) groups excluding carboxylic acids is 1. The topological polar surface area (TPSA) is 63.6 Å². The van der Waals surface area contributed by atoms with Crippen LogP contribution in [0, 0.1) is 5.92 Å². The normalized spacial score (nSPS) is 11.9. The van der Waals surface area contributed by atoms with Crippen LogP contribution in [0.4, 0.5) is 0 Å². The van der Waals surface area contributed by atoms with Crippen molar-refractivity contribution in [3.8, 4) is 0 Å². The summed E-state index contributed by atoms with van der Waals surface area (Å²) in [5.74, 6) is -3.35. The fourth-order valence-electron chi connectivity index (χ4n) is 1.33. The largest absolute Gasteiger partial charge is 0.481 e. The Morgan fingerprint density at radius 2 is 2.06 bits per heavy atom. The molecule has 1 rings (SSSR count). The van der Waals surface area contributed by atoms with Gasteiger partial charge < -0.3 is 9.84 Å². The molecule has 0 fully saturated rings. The van der Waals surface area contributed by atoms with Gasteiger partial charge in [-0.05, 0) is 30.2 Å². The molecule has 4 nitrogen and oxygen atoms in total. The summed E-state index contributed by atoms with van der Waals surface area (Å²) in [5.41, 5.74) is 0.497. The first kappa shape index (κ1) is 13.8. The SMILES string of the molecule is COC(=O)C(Cc1cc(Cl)ccc1Cl)C(=O)O. The molecule has 1 aromatic carbocycles. The zero-order valence-electron chi connectivity index (χ0n) is 8.94. The summed E-state index contributed by atoms with van der Waals surface area (Å²) in [7, 11) is 1.14. The van der Waals surface area contributed by atoms with Gasteiger partial charge in [-0.25, -0.2) is 0 Å². The molecule has 0 spiro atoms. The van der Waals surface area contributed by atoms with Gasteiger partial charge in [0.15, 0.2) is 5.92 Å². The standard InChI is InChI=1S/C11H10Cl2O4/c1-17-11(16)8(10(14)15)5-6-4-7(12)2-3-9(6)13/h2-4,8H,5H2,1H3,(H,14,15). The highest BCUT2D eigenvalue weighted by Gasteiger charge is 2.28. The van der Waals surface area contributed by atoms with Crippen LogP contribution in [0.5, 0.6) is 0 Å². The molecule has 0 aliphatic rings. The number of ether oxygens (including phenoxy) is 1. The van der Waals surface area contributed by atoms with Gasteiger partial charge in [0.1, 0.15) is 0 Å². The van der Waals surface area contributed by atoms with Gasteiger partial charge in [0.25, 0.3) is 0 Å². The zero-order chi connectivity index (χ0) is 13.0. The fourth-order valence-corrected chi connectivity index (χ4v) is 1.72. The van der Waals surface area contributed by atoms with Gasteiger partial charge in [-0.2, -0.15) is 0 Å². The van der Waals surface area contributed by atoms with Crippen molar-refractivity contribution in [1.82, 2.24) is 0 Å². The van der Waals surface area contributed by atoms with Gasteiger partial charge in [-0.3, -0.25) is 9.59 Å². The number of halogens is 2. The van der Waals surface area contributed by atoms with E-state index in [1.165, 1.54) is 6.07 Å². The van der Waals surface area contributed by atoms with Crippen LogP contribution in [0.15, 0.2) is 18.2 Å². The minimum absolute atomic E-state index is 0.0542. The number of methoxy groups -OCH3 is 1. The van der Waals surface area contributed by atoms with E-state index in [-0.39, 0.29) is 6.42 Å². The lowest BCUT2D eigenvalue weighted by molar-refractivity contribution is -0.156. The number of carboxylic acids is 1. The molecule has 0 saturated heterocycles. The van der Waals surface area contributed by atoms with Gasteiger partial charge in [0, 0.05) is 10.0 Å². The number of rotatable bonds is 4. The van der Waals surface area contributed by atoms with Crippen LogP contribution < -0.4 is 0 Å². The monoisotopic (exact) mass is 276 g/mol. The predicted molar refractivity (Wildman–Crippen MR) is 63.3 cm³/mol. The molecule has 0 aliphatic carbocycles. The lowest BCUT2D eigenvalue weighted by atomic mass is 9.99. The summed E-state index contributed by atoms with van der Waals surface area (Å²) >= 11 is 11.7. The second-order valence-electron chi connectivity index (χ2n) is 3.35. The van der Waals surface area contributed by atoms with Gasteiger partial charge in [-0.1, -0.05) is 23.2 Å². The molecule has 1 atom stereocenters. The highest BCUT2D eigenvalue weighted by atomic mass is 35.5. The first-order valence-electron chi connectivity index (χ1n) is 4.70. The van der Waals surface area contributed by atoms with Crippen molar-refractivity contribution >= 4 is 35.1 Å². The quantitative estimate of drug-likeness (QED) is 0.678. The van der Waals surface area contributed by atoms with E-state index >= 15 is 0 Å². The summed E-state index contributed by atoms with van der Waals surface area (Å²) in [6.45, 7) is 0. The molecule has 0 aromatic heterocycles. The Bertz CT molecular complexity index is 445. The van der Waals surface area contributed by atoms with Crippen LogP contribution in [0.25, 0.3) is 0 Å². The van der Waals surface area contributed by atoms with Crippen molar-refractivity contribution in [3.05, 3.63) is 33.8 Å². The molecular formula is C11H10Cl2O4. The number of benzene rings is 1. The van der Waals surface area contributed by atoms with Crippen LogP contribution >= 0.6 is 23.2 Å². The third-order valence-electron chi connectivity index (χ3n) is 2.22. The number of hydrogen-bond acceptors (Lipinski definition) is 3. The first-order chi connectivity index (χ1) is 7.95. The maximum atomic E-state index is 11.3. The molecular weight excluding hydrogens is 267 g/mol. The van der Waals surface area contributed by atoms with Gasteiger partial charge in [0.05, 0.1) is 7.11 Å². The van der Waals surface area contributed by atoms with Crippen molar-refractivity contribution in [2.75, 3.05) is 7.11 Å². The average molecular weight is 277 g/mol. The van der Waals surface area contributed by atoms with E-state index in [0.29, 0.717) is 15.6 Å². The summed E-state index contributed by atoms with van der Waals surface area (Å²) in [6.07, 6.45) is -0.0542. The summed E-state index contributed by atoms with van der Waals surface area (Å²) in [5, 5.41) is 9.71. The molecule has 0 saturated carbocycles. The van der Waals surface area contributed by atoms with Crippen molar-refractivity contribution < 1.29 is 19.4 Å². The minimum Gasteiger partial charge on any atom is -0.481 e. The second-order valence-corrected chi connectivity index (χ2v) is 4.20. The number of hydrogen-bond donors (Lipinski definition) is 1. The first-order valence-corrected chi connectivity index (χ1v) is 5.46. The number of carbonyl (C=O) groups is 2. The van der Waals surface area contributed by atoms with E-state index in [1.807, 2.05) is 0 Å². The molecule has 0 heterocycles. The van der Waals surface area contributed by atoms with Crippen LogP contribution in [0.2, 0.25) is 10.0 Å². The second kappa shape index (κ2) is 5.89. The van der Waals surface area contributed by atoms with Gasteiger partial charge >= 0.3 is 11.9 Å². The summed E-state index contributed by atoms with van der Waals surface area (Å²) < 4.78 is 4.42. The van der Waals surface area contributed by atoms with Crippen molar-refractivity contribution in [2.24, 2.45) is 5.92 Å². The Kier molecular flexibility index (Phi) is 4.78. The zero-order valence-corrected chi connectivity index (χ0v) is 10.5. The maximum absolute atomic E-state index is 11.3. The van der Waals surface area contributed by atoms with Crippen LogP contribution in [-0.4, -0.2) is 24.2 Å². The Morgan fingerprint density at radius 3 is 2.59 bits per heavy atom. The third kappa shape index (κ3) is 3.61. The number of aliphatic carboxylic acids is 1. The Balaban J connectivity index is 2.97. The molecule has 92 valence electrons. The predicted octanol–water partition coefficient (Wildman–Crippen LogP) is 2.41. The smallest absolute Gasteiger partial charge is 0.320 e. The van der Waals surface area contributed by atoms with Crippen molar-refractivity contribution in [3.63, 3.8) is 0 Å². The minimum atomic E-state index is -1.28. The third-order valence-corrected chi connectivity index (χ3v) is 2.82. The molecule has 6 heteroatoms. The highest BCUT2D eigenvalue weighted by Crippen LogP contribution is 2.23. The molecule has 17 heavy (non-hydrogen) atoms. The average Bonchev–Trinajstić information content (AvgIpc) is 2.28. The highest BCUT2D eigenvalue weighted by molar-refractivity contribution is 6.33. The molecule has 0 amide bonds. The van der Waals surface area contributed by atoms with Crippen LogP contribution in [0.1, 0.15) is 5.56 Å². The van der Waals surface area contributed by atoms with E-state index in [0.717, 1.165) is 7.11 Å². The lowest BCUT2D eigenvalue weighted by Crippen LogP contribution is -2.27. The van der Waals surface area contributed by atoms with E-state index in [9.17, 15) is 9.59 Å². The fraction of sp³-hybridized carbons (Fsp3) is 0.273. The molecule has 1 N–H and O–H groups in total. The van der Waals surface area contributed by atoms with Gasteiger partial charge in [-0.15, -0.1) is 0 Å². The summed E-state index contributed by atoms with van der Waals surface area (Å²) in [4.78, 5) is 22.2. The Hall–Kier alpha value is -1.26. The lowest BCUT2D eigenvalue weighted by Gasteiger charge is -2.11. The molecule has 1 unspecified atom stereocenters. The van der Waals surface area contributed by atoms with E-state index in [1.54, 1.807) is 12.1 Å². The summed E-state index contributed by atoms with van der Waals surface area (Å²) in [6, 6.07) is 4.67. The Labute approximate surface area is 108 Å². The van der Waals surface area contributed by atoms with Crippen LogP contribution in [-0.2, 0) is 20.7 Å². The molecule has 0 bridgehead atoms. The van der Waals surface area contributed by atoms with Crippen molar-refractivity contribution in [1.29, 1.82) is 0 Å². The Morgan fingerprint density at radius 1 is 1.41 bits per heavy atom. The van der Waals surface area contributed by atoms with Crippen LogP contribution in [0.3, 0.4) is 0 Å². The maximum Gasteiger partial charge on any atom is 0.320 e. The van der Waals surface area contributed by atoms with Gasteiger partial charge in [0.2, 0.25) is 0 Å². The van der Waals surface area contributed by atoms with Crippen molar-refractivity contribution in [2.45, 2.75) is 6.42 Å². The molecule has 0 radical (unpaired) electrons. The number of carboxylic acid groups (broad SMARTS) is 1. The van der Waals surface area contributed by atoms with E-state index in [4.69, 9.17) is 28.3 Å². The number of esters is 1. The molecule has 0 aliphatic heterocycles. The van der Waals surface area contributed by atoms with E-state index < -0.39 is 17.9 Å².